The summed E-state index contributed by atoms with van der Waals surface area (Å²) in [6.07, 6.45) is -1.13. The number of halogens is 3. The van der Waals surface area contributed by atoms with E-state index >= 15 is 0 Å². The molecule has 0 saturated carbocycles. The number of ether oxygens (including phenoxy) is 1. The summed E-state index contributed by atoms with van der Waals surface area (Å²) in [7, 11) is 0. The molecule has 8 heteroatoms. The topological polar surface area (TPSA) is 63.2 Å². The van der Waals surface area contributed by atoms with Crippen LogP contribution >= 0.6 is 0 Å². The van der Waals surface area contributed by atoms with Crippen molar-refractivity contribution >= 4 is 11.7 Å². The van der Waals surface area contributed by atoms with E-state index in [0.29, 0.717) is 18.0 Å². The molecule has 150 valence electrons. The molecule has 5 nitrogen and oxygen atoms in total. The fourth-order valence-electron chi connectivity index (χ4n) is 2.58. The molecule has 0 radical (unpaired) electrons. The number of hydrogen-bond acceptors (Lipinski definition) is 3. The number of aromatic nitrogens is 1. The molecule has 2 N–H and O–H groups in total. The highest BCUT2D eigenvalue weighted by molar-refractivity contribution is 5.89. The molecule has 2 amide bonds. The van der Waals surface area contributed by atoms with Crippen molar-refractivity contribution in [2.45, 2.75) is 19.3 Å². The molecule has 0 spiro atoms. The molecule has 3 aromatic rings. The van der Waals surface area contributed by atoms with Gasteiger partial charge in [0.05, 0.1) is 5.56 Å². The first-order chi connectivity index (χ1) is 13.9. The lowest BCUT2D eigenvalue weighted by Gasteiger charge is -2.14. The van der Waals surface area contributed by atoms with Crippen LogP contribution in [0.15, 0.2) is 73.1 Å². The number of hydrogen-bond donors (Lipinski definition) is 2. The normalized spacial score (nSPS) is 11.0. The van der Waals surface area contributed by atoms with Gasteiger partial charge in [-0.25, -0.2) is 4.79 Å². The number of benzene rings is 2. The number of pyridine rings is 1. The number of carbonyl (C=O) groups excluding carboxylic acids is 1. The minimum atomic E-state index is -4.43. The molecular weight excluding hydrogens is 383 g/mol. The molecule has 2 aromatic carbocycles. The zero-order valence-corrected chi connectivity index (χ0v) is 15.2. The Kier molecular flexibility index (Phi) is 6.33. The Hall–Kier alpha value is -3.55. The molecule has 3 rings (SSSR count). The third kappa shape index (κ3) is 5.97. The summed E-state index contributed by atoms with van der Waals surface area (Å²) in [5.41, 5.74) is 0.725. The number of anilines is 1. The van der Waals surface area contributed by atoms with Crippen LogP contribution in [-0.2, 0) is 19.3 Å². The zero-order chi connectivity index (χ0) is 20.7. The SMILES string of the molecule is O=C(NCc1cccnc1)Nc1ccc(OCc2ccccc2C(F)(F)F)cc1. The lowest BCUT2D eigenvalue weighted by atomic mass is 10.1. The highest BCUT2D eigenvalue weighted by Crippen LogP contribution is 2.32. The molecule has 0 unspecified atom stereocenters. The van der Waals surface area contributed by atoms with Crippen molar-refractivity contribution in [1.29, 1.82) is 0 Å². The fourth-order valence-corrected chi connectivity index (χ4v) is 2.58. The van der Waals surface area contributed by atoms with Gasteiger partial charge in [-0.2, -0.15) is 13.2 Å². The van der Waals surface area contributed by atoms with Gasteiger partial charge in [0.1, 0.15) is 12.4 Å². The summed E-state index contributed by atoms with van der Waals surface area (Å²) < 4.78 is 44.5. The first-order valence-corrected chi connectivity index (χ1v) is 8.73. The Balaban J connectivity index is 1.52. The number of urea groups is 1. The number of rotatable bonds is 6. The number of nitrogens with zero attached hydrogens (tertiary/aromatic N) is 1. The maximum Gasteiger partial charge on any atom is 0.416 e. The third-order valence-corrected chi connectivity index (χ3v) is 4.01. The van der Waals surface area contributed by atoms with Gasteiger partial charge in [0.2, 0.25) is 0 Å². The van der Waals surface area contributed by atoms with E-state index in [0.717, 1.165) is 11.6 Å². The van der Waals surface area contributed by atoms with Crippen LogP contribution < -0.4 is 15.4 Å². The van der Waals surface area contributed by atoms with Crippen LogP contribution in [0.2, 0.25) is 0 Å². The molecule has 0 fully saturated rings. The van der Waals surface area contributed by atoms with E-state index in [9.17, 15) is 18.0 Å². The first-order valence-electron chi connectivity index (χ1n) is 8.73. The van der Waals surface area contributed by atoms with Crippen molar-refractivity contribution in [2.24, 2.45) is 0 Å². The van der Waals surface area contributed by atoms with Crippen LogP contribution in [-0.4, -0.2) is 11.0 Å². The van der Waals surface area contributed by atoms with Crippen molar-refractivity contribution in [3.8, 4) is 5.75 Å². The standard InChI is InChI=1S/C21H18F3N3O2/c22-21(23,24)19-6-2-1-5-16(19)14-29-18-9-7-17(8-10-18)27-20(28)26-13-15-4-3-11-25-12-15/h1-12H,13-14H2,(H2,26,27,28). The molecule has 0 aliphatic carbocycles. The van der Waals surface area contributed by atoms with Gasteiger partial charge in [-0.1, -0.05) is 24.3 Å². The molecule has 0 bridgehead atoms. The van der Waals surface area contributed by atoms with Crippen LogP contribution in [0, 0.1) is 0 Å². The molecular formula is C21H18F3N3O2. The van der Waals surface area contributed by atoms with Gasteiger partial charge < -0.3 is 15.4 Å². The van der Waals surface area contributed by atoms with Crippen LogP contribution in [0.25, 0.3) is 0 Å². The van der Waals surface area contributed by atoms with Gasteiger partial charge in [0.25, 0.3) is 0 Å². The summed E-state index contributed by atoms with van der Waals surface area (Å²) in [5, 5.41) is 5.37. The second kappa shape index (κ2) is 9.09. The minimum absolute atomic E-state index is 0.0528. The maximum atomic E-state index is 13.0. The smallest absolute Gasteiger partial charge is 0.416 e. The van der Waals surface area contributed by atoms with E-state index in [-0.39, 0.29) is 18.2 Å². The van der Waals surface area contributed by atoms with Crippen LogP contribution in [0.3, 0.4) is 0 Å². The number of carbonyl (C=O) groups is 1. The highest BCUT2D eigenvalue weighted by atomic mass is 19.4. The van der Waals surface area contributed by atoms with Crippen molar-refractivity contribution in [1.82, 2.24) is 10.3 Å². The van der Waals surface area contributed by atoms with Crippen molar-refractivity contribution in [2.75, 3.05) is 5.32 Å². The van der Waals surface area contributed by atoms with Crippen molar-refractivity contribution < 1.29 is 22.7 Å². The summed E-state index contributed by atoms with van der Waals surface area (Å²) >= 11 is 0. The average Bonchev–Trinajstić information content (AvgIpc) is 2.72. The highest BCUT2D eigenvalue weighted by Gasteiger charge is 2.32. The quantitative estimate of drug-likeness (QED) is 0.611. The van der Waals surface area contributed by atoms with Gasteiger partial charge in [-0.3, -0.25) is 4.98 Å². The van der Waals surface area contributed by atoms with E-state index in [1.807, 2.05) is 6.07 Å². The second-order valence-corrected chi connectivity index (χ2v) is 6.14. The van der Waals surface area contributed by atoms with Crippen LogP contribution in [0.4, 0.5) is 23.7 Å². The van der Waals surface area contributed by atoms with E-state index in [1.54, 1.807) is 42.7 Å². The summed E-state index contributed by atoms with van der Waals surface area (Å²) in [6.45, 7) is 0.119. The molecule has 0 aliphatic heterocycles. The van der Waals surface area contributed by atoms with Gasteiger partial charge in [0.15, 0.2) is 0 Å². The molecule has 1 heterocycles. The fraction of sp³-hybridized carbons (Fsp3) is 0.143. The molecule has 0 aliphatic rings. The average molecular weight is 401 g/mol. The Morgan fingerprint density at radius 2 is 1.76 bits per heavy atom. The third-order valence-electron chi connectivity index (χ3n) is 4.01. The van der Waals surface area contributed by atoms with Crippen LogP contribution in [0.1, 0.15) is 16.7 Å². The summed E-state index contributed by atoms with van der Waals surface area (Å²) in [5.74, 6) is 0.392. The molecule has 0 saturated heterocycles. The van der Waals surface area contributed by atoms with Crippen molar-refractivity contribution in [3.63, 3.8) is 0 Å². The van der Waals surface area contributed by atoms with E-state index in [1.165, 1.54) is 18.2 Å². The minimum Gasteiger partial charge on any atom is -0.489 e. The summed E-state index contributed by atoms with van der Waals surface area (Å²) in [4.78, 5) is 15.9. The lowest BCUT2D eigenvalue weighted by molar-refractivity contribution is -0.138. The Morgan fingerprint density at radius 3 is 2.45 bits per heavy atom. The van der Waals surface area contributed by atoms with Crippen molar-refractivity contribution in [3.05, 3.63) is 89.7 Å². The van der Waals surface area contributed by atoms with Gasteiger partial charge in [-0.15, -0.1) is 0 Å². The zero-order valence-electron chi connectivity index (χ0n) is 15.2. The Bertz CT molecular complexity index is 945. The van der Waals surface area contributed by atoms with E-state index < -0.39 is 11.7 Å². The molecule has 0 atom stereocenters. The molecule has 29 heavy (non-hydrogen) atoms. The molecule has 1 aromatic heterocycles. The Morgan fingerprint density at radius 1 is 1.00 bits per heavy atom. The van der Waals surface area contributed by atoms with Gasteiger partial charge in [-0.05, 0) is 42.0 Å². The maximum absolute atomic E-state index is 13.0. The Labute approximate surface area is 165 Å². The predicted molar refractivity (Wildman–Crippen MR) is 102 cm³/mol. The predicted octanol–water partition coefficient (Wildman–Crippen LogP) is 5.00. The number of alkyl halides is 3. The summed E-state index contributed by atoms with van der Waals surface area (Å²) in [6, 6.07) is 14.9. The lowest BCUT2D eigenvalue weighted by Crippen LogP contribution is -2.28. The first kappa shape index (κ1) is 20.2. The number of nitrogens with one attached hydrogen (secondary N) is 2. The largest absolute Gasteiger partial charge is 0.489 e. The second-order valence-electron chi connectivity index (χ2n) is 6.14. The monoisotopic (exact) mass is 401 g/mol. The van der Waals surface area contributed by atoms with E-state index in [4.69, 9.17) is 4.74 Å². The van der Waals surface area contributed by atoms with Crippen LogP contribution in [0.5, 0.6) is 5.75 Å². The van der Waals surface area contributed by atoms with Gasteiger partial charge >= 0.3 is 12.2 Å². The van der Waals surface area contributed by atoms with Gasteiger partial charge in [0, 0.05) is 30.2 Å². The van der Waals surface area contributed by atoms with E-state index in [2.05, 4.69) is 15.6 Å². The number of amides is 2.